The predicted octanol–water partition coefficient (Wildman–Crippen LogP) is 6.43. The Morgan fingerprint density at radius 3 is 2.62 bits per heavy atom. The molecule has 0 fully saturated rings. The number of hydrogen-bond acceptors (Lipinski definition) is 5. The molecule has 1 aliphatic rings. The number of hydrogen-bond donors (Lipinski definition) is 1. The van der Waals surface area contributed by atoms with Crippen molar-refractivity contribution in [1.82, 2.24) is 4.90 Å². The van der Waals surface area contributed by atoms with Crippen molar-refractivity contribution in [3.05, 3.63) is 101 Å². The first-order chi connectivity index (χ1) is 16.3. The van der Waals surface area contributed by atoms with E-state index in [0.29, 0.717) is 26.0 Å². The lowest BCUT2D eigenvalue weighted by atomic mass is 9.97. The Balaban J connectivity index is 1.78. The number of phenolic OH excluding ortho intramolecular Hbond substituents is 1. The van der Waals surface area contributed by atoms with Crippen LogP contribution in [0, 0.1) is 0 Å². The van der Waals surface area contributed by atoms with E-state index in [0.717, 1.165) is 10.0 Å². The van der Waals surface area contributed by atoms with Crippen molar-refractivity contribution in [2.75, 3.05) is 7.11 Å². The highest BCUT2D eigenvalue weighted by Crippen LogP contribution is 2.44. The molecule has 1 N–H and O–H groups in total. The van der Waals surface area contributed by atoms with Crippen LogP contribution in [0.4, 0.5) is 0 Å². The number of fused-ring (bicyclic) bond motifs is 2. The number of methoxy groups -OCH3 is 1. The highest BCUT2D eigenvalue weighted by molar-refractivity contribution is 9.10. The van der Waals surface area contributed by atoms with Gasteiger partial charge in [-0.2, -0.15) is 0 Å². The van der Waals surface area contributed by atoms with E-state index < -0.39 is 11.9 Å². The average molecular weight is 606 g/mol. The highest BCUT2D eigenvalue weighted by Gasteiger charge is 2.43. The summed E-state index contributed by atoms with van der Waals surface area (Å²) in [5.74, 6) is -0.316. The molecule has 0 aliphatic carbocycles. The number of phenols is 1. The molecule has 0 bridgehead atoms. The standard InChI is InChI=1S/C25H16Br2ClNO5/c1-33-19-9-13(8-16(27)23(19)31)21-20-22(30)15-10-14(26)6-7-18(15)34-24(20)25(32)29(21)11-12-4-2-3-5-17(12)28/h2-10,21,31H,11H2,1H3. The van der Waals surface area contributed by atoms with E-state index >= 15 is 0 Å². The van der Waals surface area contributed by atoms with Gasteiger partial charge in [0.2, 0.25) is 5.76 Å². The Morgan fingerprint density at radius 2 is 1.88 bits per heavy atom. The van der Waals surface area contributed by atoms with Crippen LogP contribution < -0.4 is 10.2 Å². The number of ether oxygens (including phenoxy) is 1. The first kappa shape index (κ1) is 23.0. The molecule has 0 radical (unpaired) electrons. The van der Waals surface area contributed by atoms with Crippen LogP contribution in [-0.4, -0.2) is 23.0 Å². The van der Waals surface area contributed by atoms with E-state index in [9.17, 15) is 14.7 Å². The van der Waals surface area contributed by atoms with Gasteiger partial charge in [-0.1, -0.05) is 45.7 Å². The van der Waals surface area contributed by atoms with Crippen LogP contribution in [0.25, 0.3) is 11.0 Å². The number of nitrogens with zero attached hydrogens (tertiary/aromatic N) is 1. The first-order valence-electron chi connectivity index (χ1n) is 10.2. The summed E-state index contributed by atoms with van der Waals surface area (Å²) in [4.78, 5) is 28.9. The second kappa shape index (κ2) is 8.76. The van der Waals surface area contributed by atoms with Gasteiger partial charge in [0.25, 0.3) is 5.91 Å². The number of benzene rings is 3. The minimum absolute atomic E-state index is 0.0139. The molecule has 0 saturated heterocycles. The lowest BCUT2D eigenvalue weighted by Gasteiger charge is -2.26. The average Bonchev–Trinajstić information content (AvgIpc) is 3.09. The van der Waals surface area contributed by atoms with Crippen molar-refractivity contribution >= 4 is 60.3 Å². The fourth-order valence-electron chi connectivity index (χ4n) is 4.22. The van der Waals surface area contributed by atoms with E-state index in [1.165, 1.54) is 7.11 Å². The zero-order valence-electron chi connectivity index (χ0n) is 17.6. The van der Waals surface area contributed by atoms with Crippen LogP contribution in [0.3, 0.4) is 0 Å². The topological polar surface area (TPSA) is 80.0 Å². The van der Waals surface area contributed by atoms with Crippen molar-refractivity contribution in [3.63, 3.8) is 0 Å². The number of carbonyl (C=O) groups excluding carboxylic acids is 1. The lowest BCUT2D eigenvalue weighted by molar-refractivity contribution is 0.0714. The smallest absolute Gasteiger partial charge is 0.291 e. The number of carbonyl (C=O) groups is 1. The summed E-state index contributed by atoms with van der Waals surface area (Å²) in [6.45, 7) is 0.146. The zero-order chi connectivity index (χ0) is 24.1. The SMILES string of the molecule is COc1cc(C2c3c(oc4ccc(Br)cc4c3=O)C(=O)N2Cc2ccccc2Cl)cc(Br)c1O. The van der Waals surface area contributed by atoms with Gasteiger partial charge >= 0.3 is 0 Å². The molecule has 1 amide bonds. The summed E-state index contributed by atoms with van der Waals surface area (Å²) in [6.07, 6.45) is 0. The maximum absolute atomic E-state index is 13.7. The minimum atomic E-state index is -0.788. The molecule has 1 atom stereocenters. The molecule has 1 aliphatic heterocycles. The van der Waals surface area contributed by atoms with Crippen molar-refractivity contribution in [1.29, 1.82) is 0 Å². The van der Waals surface area contributed by atoms with E-state index in [1.54, 1.807) is 41.3 Å². The van der Waals surface area contributed by atoms with Crippen molar-refractivity contribution < 1.29 is 19.1 Å². The second-order valence-electron chi connectivity index (χ2n) is 7.80. The molecule has 6 nitrogen and oxygen atoms in total. The number of halogens is 3. The van der Waals surface area contributed by atoms with E-state index in [2.05, 4.69) is 31.9 Å². The maximum Gasteiger partial charge on any atom is 0.291 e. The van der Waals surface area contributed by atoms with Crippen LogP contribution in [0.15, 0.2) is 72.8 Å². The monoisotopic (exact) mass is 603 g/mol. The summed E-state index contributed by atoms with van der Waals surface area (Å²) < 4.78 is 12.4. The van der Waals surface area contributed by atoms with Gasteiger partial charge in [0, 0.05) is 16.0 Å². The molecule has 3 aromatic carbocycles. The molecular formula is C25H16Br2ClNO5. The summed E-state index contributed by atoms with van der Waals surface area (Å²) >= 11 is 13.1. The molecule has 4 aromatic rings. The quantitative estimate of drug-likeness (QED) is 0.290. The third-order valence-electron chi connectivity index (χ3n) is 5.81. The van der Waals surface area contributed by atoms with Gasteiger partial charge in [0.15, 0.2) is 16.9 Å². The van der Waals surface area contributed by atoms with Crippen LogP contribution in [0.1, 0.15) is 33.3 Å². The van der Waals surface area contributed by atoms with Gasteiger partial charge < -0.3 is 19.2 Å². The van der Waals surface area contributed by atoms with Crippen LogP contribution >= 0.6 is 43.5 Å². The van der Waals surface area contributed by atoms with Gasteiger partial charge in [0.1, 0.15) is 5.58 Å². The summed E-state index contributed by atoms with van der Waals surface area (Å²) in [5, 5.41) is 11.2. The van der Waals surface area contributed by atoms with Gasteiger partial charge in [-0.15, -0.1) is 0 Å². The van der Waals surface area contributed by atoms with Crippen LogP contribution in [0.2, 0.25) is 5.02 Å². The van der Waals surface area contributed by atoms with E-state index in [1.807, 2.05) is 18.2 Å². The molecule has 0 spiro atoms. The van der Waals surface area contributed by atoms with Crippen molar-refractivity contribution in [3.8, 4) is 11.5 Å². The molecule has 172 valence electrons. The first-order valence-corrected chi connectivity index (χ1v) is 12.1. The Bertz CT molecular complexity index is 1530. The fourth-order valence-corrected chi connectivity index (χ4v) is 5.24. The highest BCUT2D eigenvalue weighted by atomic mass is 79.9. The molecule has 1 unspecified atom stereocenters. The van der Waals surface area contributed by atoms with Gasteiger partial charge in [0.05, 0.1) is 28.6 Å². The van der Waals surface area contributed by atoms with E-state index in [-0.39, 0.29) is 34.8 Å². The summed E-state index contributed by atoms with van der Waals surface area (Å²) in [7, 11) is 1.43. The Morgan fingerprint density at radius 1 is 1.12 bits per heavy atom. The van der Waals surface area contributed by atoms with Crippen molar-refractivity contribution in [2.45, 2.75) is 12.6 Å². The number of amides is 1. The van der Waals surface area contributed by atoms with Crippen LogP contribution in [-0.2, 0) is 6.54 Å². The molecule has 5 rings (SSSR count). The van der Waals surface area contributed by atoms with Gasteiger partial charge in [-0.3, -0.25) is 9.59 Å². The minimum Gasteiger partial charge on any atom is -0.503 e. The molecule has 1 aromatic heterocycles. The maximum atomic E-state index is 13.7. The third-order valence-corrected chi connectivity index (χ3v) is 7.28. The number of aromatic hydroxyl groups is 1. The van der Waals surface area contributed by atoms with Crippen molar-refractivity contribution in [2.24, 2.45) is 0 Å². The lowest BCUT2D eigenvalue weighted by Crippen LogP contribution is -2.29. The molecule has 34 heavy (non-hydrogen) atoms. The molecule has 0 saturated carbocycles. The number of rotatable bonds is 4. The van der Waals surface area contributed by atoms with E-state index in [4.69, 9.17) is 20.8 Å². The molecular weight excluding hydrogens is 590 g/mol. The summed E-state index contributed by atoms with van der Waals surface area (Å²) in [5.41, 5.74) is 1.54. The van der Waals surface area contributed by atoms with Gasteiger partial charge in [-0.25, -0.2) is 0 Å². The van der Waals surface area contributed by atoms with Crippen LogP contribution in [0.5, 0.6) is 11.5 Å². The largest absolute Gasteiger partial charge is 0.503 e. The third kappa shape index (κ3) is 3.70. The predicted molar refractivity (Wildman–Crippen MR) is 136 cm³/mol. The Hall–Kier alpha value is -2.81. The molecule has 2 heterocycles. The zero-order valence-corrected chi connectivity index (χ0v) is 21.6. The second-order valence-corrected chi connectivity index (χ2v) is 9.97. The summed E-state index contributed by atoms with van der Waals surface area (Å²) in [6, 6.07) is 14.8. The normalized spacial score (nSPS) is 15.1. The Labute approximate surface area is 216 Å². The van der Waals surface area contributed by atoms with Gasteiger partial charge in [-0.05, 0) is 63.5 Å². The molecule has 9 heteroatoms. The Kier molecular flexibility index (Phi) is 5.91. The fraction of sp³-hybridized carbons (Fsp3) is 0.120.